The third kappa shape index (κ3) is 5.06. The summed E-state index contributed by atoms with van der Waals surface area (Å²) in [5.74, 6) is 1.56. The van der Waals surface area contributed by atoms with Crippen molar-refractivity contribution in [1.29, 1.82) is 0 Å². The van der Waals surface area contributed by atoms with Crippen molar-refractivity contribution in [2.24, 2.45) is 0 Å². The zero-order valence-electron chi connectivity index (χ0n) is 14.2. The molecule has 0 aromatic heterocycles. The Morgan fingerprint density at radius 2 is 1.36 bits per heavy atom. The van der Waals surface area contributed by atoms with E-state index in [2.05, 4.69) is 42.7 Å². The van der Waals surface area contributed by atoms with Crippen LogP contribution in [-0.2, 0) is 0 Å². The van der Waals surface area contributed by atoms with Gasteiger partial charge in [0.05, 0.1) is 0 Å². The van der Waals surface area contributed by atoms with Gasteiger partial charge in [-0.25, -0.2) is 0 Å². The van der Waals surface area contributed by atoms with Gasteiger partial charge in [0.2, 0.25) is 0 Å². The van der Waals surface area contributed by atoms with Crippen molar-refractivity contribution in [2.45, 2.75) is 13.8 Å². The molecule has 0 aliphatic carbocycles. The zero-order valence-corrected chi connectivity index (χ0v) is 15.1. The summed E-state index contributed by atoms with van der Waals surface area (Å²) < 4.78 is 5.85. The molecule has 0 bridgehead atoms. The molecular weight excluding hydrogens is 328 g/mol. The third-order valence-corrected chi connectivity index (χ3v) is 3.75. The first-order chi connectivity index (χ1) is 12.1. The maximum Gasteiger partial charge on any atom is 0.175 e. The van der Waals surface area contributed by atoms with Gasteiger partial charge >= 0.3 is 0 Å². The van der Waals surface area contributed by atoms with E-state index in [4.69, 9.17) is 17.0 Å². The molecule has 3 aromatic carbocycles. The highest BCUT2D eigenvalue weighted by molar-refractivity contribution is 7.80. The quantitative estimate of drug-likeness (QED) is 0.575. The molecule has 0 fully saturated rings. The van der Waals surface area contributed by atoms with Crippen LogP contribution in [0.5, 0.6) is 11.5 Å². The highest BCUT2D eigenvalue weighted by Gasteiger charge is 2.03. The Morgan fingerprint density at radius 1 is 0.720 bits per heavy atom. The van der Waals surface area contributed by atoms with E-state index in [1.165, 1.54) is 11.1 Å². The molecule has 0 aliphatic rings. The van der Waals surface area contributed by atoms with Gasteiger partial charge in [-0.15, -0.1) is 0 Å². The molecule has 0 radical (unpaired) electrons. The van der Waals surface area contributed by atoms with Crippen LogP contribution < -0.4 is 15.4 Å². The molecule has 25 heavy (non-hydrogen) atoms. The van der Waals surface area contributed by atoms with Gasteiger partial charge in [0.1, 0.15) is 11.5 Å². The van der Waals surface area contributed by atoms with Crippen molar-refractivity contribution >= 4 is 28.7 Å². The molecule has 3 aromatic rings. The van der Waals surface area contributed by atoms with Crippen LogP contribution in [-0.4, -0.2) is 5.11 Å². The van der Waals surface area contributed by atoms with E-state index < -0.39 is 0 Å². The lowest BCUT2D eigenvalue weighted by Crippen LogP contribution is -2.19. The minimum Gasteiger partial charge on any atom is -0.457 e. The summed E-state index contributed by atoms with van der Waals surface area (Å²) in [4.78, 5) is 0. The van der Waals surface area contributed by atoms with E-state index in [9.17, 15) is 0 Å². The van der Waals surface area contributed by atoms with E-state index in [1.54, 1.807) is 0 Å². The fourth-order valence-corrected chi connectivity index (χ4v) is 2.84. The first-order valence-electron chi connectivity index (χ1n) is 8.08. The molecule has 0 atom stereocenters. The number of hydrogen-bond acceptors (Lipinski definition) is 2. The van der Waals surface area contributed by atoms with Gasteiger partial charge < -0.3 is 15.4 Å². The highest BCUT2D eigenvalue weighted by atomic mass is 32.1. The first kappa shape index (κ1) is 17.0. The maximum absolute atomic E-state index is 5.85. The Bertz CT molecular complexity index is 858. The van der Waals surface area contributed by atoms with Crippen LogP contribution in [0.2, 0.25) is 0 Å². The monoisotopic (exact) mass is 348 g/mol. The molecule has 3 nitrogen and oxygen atoms in total. The smallest absolute Gasteiger partial charge is 0.175 e. The molecule has 0 aliphatic heterocycles. The number of thiocarbonyl (C=S) groups is 1. The zero-order chi connectivity index (χ0) is 17.6. The predicted octanol–water partition coefficient (Wildman–Crippen LogP) is 5.90. The number of hydrogen-bond donors (Lipinski definition) is 2. The fraction of sp³-hybridized carbons (Fsp3) is 0.0952. The number of anilines is 2. The SMILES string of the molecule is Cc1cc(C)cc(NC(=S)Nc2cccc(Oc3ccccc3)c2)c1. The van der Waals surface area contributed by atoms with Crippen molar-refractivity contribution in [3.8, 4) is 11.5 Å². The summed E-state index contributed by atoms with van der Waals surface area (Å²) in [7, 11) is 0. The number of aryl methyl sites for hydroxylation is 2. The number of ether oxygens (including phenoxy) is 1. The number of benzene rings is 3. The first-order valence-corrected chi connectivity index (χ1v) is 8.48. The van der Waals surface area contributed by atoms with Gasteiger partial charge in [-0.1, -0.05) is 30.3 Å². The Morgan fingerprint density at radius 3 is 2.08 bits per heavy atom. The molecule has 0 amide bonds. The molecule has 0 unspecified atom stereocenters. The van der Waals surface area contributed by atoms with Gasteiger partial charge in [-0.3, -0.25) is 0 Å². The van der Waals surface area contributed by atoms with Crippen LogP contribution in [0.15, 0.2) is 72.8 Å². The van der Waals surface area contributed by atoms with Gasteiger partial charge in [0.15, 0.2) is 5.11 Å². The lowest BCUT2D eigenvalue weighted by Gasteiger charge is -2.13. The fourth-order valence-electron chi connectivity index (χ4n) is 2.60. The number of rotatable bonds is 4. The van der Waals surface area contributed by atoms with Crippen molar-refractivity contribution in [1.82, 2.24) is 0 Å². The predicted molar refractivity (Wildman–Crippen MR) is 109 cm³/mol. The van der Waals surface area contributed by atoms with Crippen LogP contribution >= 0.6 is 12.2 Å². The Kier molecular flexibility index (Phi) is 5.31. The van der Waals surface area contributed by atoms with Gasteiger partial charge in [-0.2, -0.15) is 0 Å². The summed E-state index contributed by atoms with van der Waals surface area (Å²) in [6.07, 6.45) is 0. The van der Waals surface area contributed by atoms with E-state index >= 15 is 0 Å². The third-order valence-electron chi connectivity index (χ3n) is 3.55. The molecule has 2 N–H and O–H groups in total. The summed E-state index contributed by atoms with van der Waals surface area (Å²) in [5.41, 5.74) is 4.24. The number of para-hydroxylation sites is 1. The van der Waals surface area contributed by atoms with Crippen LogP contribution in [0.3, 0.4) is 0 Å². The minimum absolute atomic E-state index is 0.543. The molecule has 4 heteroatoms. The summed E-state index contributed by atoms with van der Waals surface area (Å²) in [6, 6.07) is 23.7. The van der Waals surface area contributed by atoms with E-state index in [-0.39, 0.29) is 0 Å². The normalized spacial score (nSPS) is 10.2. The van der Waals surface area contributed by atoms with Crippen molar-refractivity contribution < 1.29 is 4.74 Å². The van der Waals surface area contributed by atoms with E-state index in [1.807, 2.05) is 54.6 Å². The maximum atomic E-state index is 5.85. The van der Waals surface area contributed by atoms with Crippen LogP contribution in [0.1, 0.15) is 11.1 Å². The van der Waals surface area contributed by atoms with Crippen LogP contribution in [0.4, 0.5) is 11.4 Å². The van der Waals surface area contributed by atoms with Crippen LogP contribution in [0.25, 0.3) is 0 Å². The Hall–Kier alpha value is -2.85. The molecule has 3 rings (SSSR count). The molecule has 0 saturated carbocycles. The van der Waals surface area contributed by atoms with Crippen molar-refractivity contribution in [2.75, 3.05) is 10.6 Å². The average molecular weight is 348 g/mol. The molecule has 0 heterocycles. The van der Waals surface area contributed by atoms with Crippen molar-refractivity contribution in [3.63, 3.8) is 0 Å². The van der Waals surface area contributed by atoms with Gasteiger partial charge in [0, 0.05) is 17.4 Å². The molecule has 126 valence electrons. The summed E-state index contributed by atoms with van der Waals surface area (Å²) in [6.45, 7) is 4.14. The van der Waals surface area contributed by atoms with E-state index in [0.29, 0.717) is 5.11 Å². The topological polar surface area (TPSA) is 33.3 Å². The second kappa shape index (κ2) is 7.81. The van der Waals surface area contributed by atoms with E-state index in [0.717, 1.165) is 22.9 Å². The highest BCUT2D eigenvalue weighted by Crippen LogP contribution is 2.24. The Balaban J connectivity index is 1.66. The number of nitrogens with one attached hydrogen (secondary N) is 2. The van der Waals surface area contributed by atoms with Gasteiger partial charge in [0.25, 0.3) is 0 Å². The van der Waals surface area contributed by atoms with Crippen molar-refractivity contribution in [3.05, 3.63) is 83.9 Å². The summed E-state index contributed by atoms with van der Waals surface area (Å²) in [5, 5.41) is 6.96. The Labute approximate surface area is 153 Å². The largest absolute Gasteiger partial charge is 0.457 e. The lowest BCUT2D eigenvalue weighted by molar-refractivity contribution is 0.483. The second-order valence-corrected chi connectivity index (χ2v) is 6.31. The molecular formula is C21H20N2OS. The average Bonchev–Trinajstić information content (AvgIpc) is 2.55. The van der Waals surface area contributed by atoms with Gasteiger partial charge in [-0.05, 0) is 73.6 Å². The summed E-state index contributed by atoms with van der Waals surface area (Å²) >= 11 is 5.41. The lowest BCUT2D eigenvalue weighted by atomic mass is 10.1. The minimum atomic E-state index is 0.543. The molecule has 0 spiro atoms. The standard InChI is InChI=1S/C21H20N2OS/c1-15-11-16(2)13-18(12-15)23-21(25)22-17-7-6-10-20(14-17)24-19-8-4-3-5-9-19/h3-14H,1-2H3,(H2,22,23,25). The molecule has 0 saturated heterocycles. The van der Waals surface area contributed by atoms with Crippen LogP contribution in [0, 0.1) is 13.8 Å². The second-order valence-electron chi connectivity index (χ2n) is 5.90.